The highest BCUT2D eigenvalue weighted by Gasteiger charge is 2.44. The van der Waals surface area contributed by atoms with E-state index in [1.807, 2.05) is 37.3 Å². The summed E-state index contributed by atoms with van der Waals surface area (Å²) in [7, 11) is 0. The molecule has 5 heteroatoms. The molecule has 0 aromatic heterocycles. The number of nitrogens with zero attached hydrogens (tertiary/aromatic N) is 1. The lowest BCUT2D eigenvalue weighted by Gasteiger charge is -2.38. The van der Waals surface area contributed by atoms with E-state index in [1.165, 1.54) is 6.08 Å². The van der Waals surface area contributed by atoms with Gasteiger partial charge in [-0.05, 0) is 31.4 Å². The van der Waals surface area contributed by atoms with Crippen LogP contribution in [0.4, 0.5) is 4.79 Å². The van der Waals surface area contributed by atoms with Crippen LogP contribution < -0.4 is 0 Å². The smallest absolute Gasteiger partial charge is 0.410 e. The van der Waals surface area contributed by atoms with Crippen molar-refractivity contribution in [1.29, 1.82) is 0 Å². The van der Waals surface area contributed by atoms with Gasteiger partial charge < -0.3 is 14.4 Å². The number of cyclic esters (lactones) is 1. The summed E-state index contributed by atoms with van der Waals surface area (Å²) in [5.41, 5.74) is 0.184. The molecule has 2 heterocycles. The number of likely N-dealkylation sites (tertiary alicyclic amines) is 1. The largest absolute Gasteiger partial charge is 0.450 e. The van der Waals surface area contributed by atoms with Crippen molar-refractivity contribution >= 4 is 12.1 Å². The Hall–Kier alpha value is -2.30. The van der Waals surface area contributed by atoms with Crippen molar-refractivity contribution in [2.24, 2.45) is 0 Å². The fourth-order valence-corrected chi connectivity index (χ4v) is 3.42. The molecule has 0 bridgehead atoms. The van der Waals surface area contributed by atoms with Gasteiger partial charge in [-0.25, -0.2) is 9.59 Å². The second kappa shape index (κ2) is 7.07. The van der Waals surface area contributed by atoms with E-state index in [2.05, 4.69) is 0 Å². The number of carbonyl (C=O) groups excluding carboxylic acids is 2. The molecule has 1 saturated heterocycles. The van der Waals surface area contributed by atoms with Gasteiger partial charge in [0.25, 0.3) is 0 Å². The molecule has 1 fully saturated rings. The second-order valence-electron chi connectivity index (χ2n) is 6.54. The van der Waals surface area contributed by atoms with E-state index in [-0.39, 0.29) is 24.7 Å². The Bertz CT molecular complexity index is 628. The van der Waals surface area contributed by atoms with Crippen LogP contribution in [0.2, 0.25) is 0 Å². The molecule has 1 aromatic carbocycles. The summed E-state index contributed by atoms with van der Waals surface area (Å²) < 4.78 is 11.0. The molecule has 1 amide bonds. The predicted molar refractivity (Wildman–Crippen MR) is 89.2 cm³/mol. The molecule has 0 aliphatic carbocycles. The third-order valence-electron chi connectivity index (χ3n) is 4.72. The first-order valence-corrected chi connectivity index (χ1v) is 8.48. The Morgan fingerprint density at radius 2 is 2.08 bits per heavy atom. The molecular formula is C19H23NO4. The number of esters is 1. The monoisotopic (exact) mass is 329 g/mol. The van der Waals surface area contributed by atoms with Crippen molar-refractivity contribution in [2.45, 2.75) is 50.9 Å². The van der Waals surface area contributed by atoms with Crippen LogP contribution >= 0.6 is 0 Å². The molecule has 0 saturated carbocycles. The fraction of sp³-hybridized carbons (Fsp3) is 0.474. The van der Waals surface area contributed by atoms with E-state index >= 15 is 0 Å². The summed E-state index contributed by atoms with van der Waals surface area (Å²) in [4.78, 5) is 25.9. The zero-order valence-corrected chi connectivity index (χ0v) is 13.9. The van der Waals surface area contributed by atoms with Crippen molar-refractivity contribution in [1.82, 2.24) is 4.90 Å². The minimum absolute atomic E-state index is 0.189. The Balaban J connectivity index is 1.71. The summed E-state index contributed by atoms with van der Waals surface area (Å²) in [5.74, 6) is -0.348. The molecule has 128 valence electrons. The summed E-state index contributed by atoms with van der Waals surface area (Å²) in [5, 5.41) is 0. The van der Waals surface area contributed by atoms with Crippen molar-refractivity contribution in [2.75, 3.05) is 6.54 Å². The highest BCUT2D eigenvalue weighted by Crippen LogP contribution is 2.33. The first kappa shape index (κ1) is 16.6. The van der Waals surface area contributed by atoms with E-state index in [0.717, 1.165) is 31.2 Å². The highest BCUT2D eigenvalue weighted by atomic mass is 16.6. The molecule has 0 unspecified atom stereocenters. The second-order valence-corrected chi connectivity index (χ2v) is 6.54. The molecule has 0 radical (unpaired) electrons. The number of rotatable bonds is 3. The maximum atomic E-state index is 12.7. The van der Waals surface area contributed by atoms with Gasteiger partial charge in [-0.2, -0.15) is 0 Å². The van der Waals surface area contributed by atoms with E-state index in [4.69, 9.17) is 9.47 Å². The van der Waals surface area contributed by atoms with Gasteiger partial charge in [0, 0.05) is 12.6 Å². The van der Waals surface area contributed by atoms with Gasteiger partial charge >= 0.3 is 12.1 Å². The molecule has 24 heavy (non-hydrogen) atoms. The van der Waals surface area contributed by atoms with Crippen LogP contribution in [0.5, 0.6) is 0 Å². The van der Waals surface area contributed by atoms with Crippen LogP contribution in [-0.4, -0.2) is 35.2 Å². The van der Waals surface area contributed by atoms with Crippen LogP contribution in [0.1, 0.15) is 38.2 Å². The van der Waals surface area contributed by atoms with Crippen LogP contribution in [-0.2, 0) is 20.9 Å². The molecule has 2 aliphatic heterocycles. The zero-order valence-electron chi connectivity index (χ0n) is 13.9. The average Bonchev–Trinajstić information content (AvgIpc) is 2.79. The van der Waals surface area contributed by atoms with Gasteiger partial charge in [0.1, 0.15) is 12.2 Å². The fourth-order valence-electron chi connectivity index (χ4n) is 3.42. The van der Waals surface area contributed by atoms with Crippen molar-refractivity contribution in [3.05, 3.63) is 48.0 Å². The quantitative estimate of drug-likeness (QED) is 0.797. The maximum absolute atomic E-state index is 12.7. The van der Waals surface area contributed by atoms with Crippen molar-refractivity contribution < 1.29 is 19.1 Å². The summed E-state index contributed by atoms with van der Waals surface area (Å²) in [6, 6.07) is 9.43. The van der Waals surface area contributed by atoms with E-state index in [9.17, 15) is 9.59 Å². The SMILES string of the molecule is C[C@@]1([C@H]2CCCCCN2C(=O)OCc2ccccc2)C=CC(=O)O1. The number of hydrogen-bond acceptors (Lipinski definition) is 4. The first-order chi connectivity index (χ1) is 11.6. The minimum atomic E-state index is -0.771. The van der Waals surface area contributed by atoms with Crippen molar-refractivity contribution in [3.8, 4) is 0 Å². The lowest BCUT2D eigenvalue weighted by molar-refractivity contribution is -0.149. The zero-order chi connectivity index (χ0) is 17.0. The summed E-state index contributed by atoms with van der Waals surface area (Å²) >= 11 is 0. The summed E-state index contributed by atoms with van der Waals surface area (Å²) in [6.07, 6.45) is 6.67. The molecule has 2 atom stereocenters. The molecular weight excluding hydrogens is 306 g/mol. The molecule has 3 rings (SSSR count). The number of hydrogen-bond donors (Lipinski definition) is 0. The topological polar surface area (TPSA) is 55.8 Å². The molecule has 0 N–H and O–H groups in total. The lowest BCUT2D eigenvalue weighted by Crippen LogP contribution is -2.52. The first-order valence-electron chi connectivity index (χ1n) is 8.48. The number of benzene rings is 1. The molecule has 0 spiro atoms. The van der Waals surface area contributed by atoms with Crippen LogP contribution in [0.3, 0.4) is 0 Å². The lowest BCUT2D eigenvalue weighted by atomic mass is 9.92. The number of carbonyl (C=O) groups is 2. The molecule has 5 nitrogen and oxygen atoms in total. The standard InChI is InChI=1S/C19H23NO4/c1-19(12-11-17(21)24-19)16-10-6-3-7-13-20(16)18(22)23-14-15-8-4-2-5-9-15/h2,4-5,8-9,11-12,16H,3,6-7,10,13-14H2,1H3/t16-,19+/m1/s1. The molecule has 1 aromatic rings. The van der Waals surface area contributed by atoms with Gasteiger partial charge in [0.05, 0.1) is 6.04 Å². The Morgan fingerprint density at radius 3 is 2.79 bits per heavy atom. The van der Waals surface area contributed by atoms with E-state index < -0.39 is 5.60 Å². The Morgan fingerprint density at radius 1 is 1.29 bits per heavy atom. The summed E-state index contributed by atoms with van der Waals surface area (Å²) in [6.45, 7) is 2.73. The average molecular weight is 329 g/mol. The van der Waals surface area contributed by atoms with Crippen LogP contribution in [0.15, 0.2) is 42.5 Å². The Kier molecular flexibility index (Phi) is 4.88. The normalized spacial score (nSPS) is 26.8. The predicted octanol–water partition coefficient (Wildman–Crippen LogP) is 3.44. The van der Waals surface area contributed by atoms with E-state index in [0.29, 0.717) is 6.54 Å². The van der Waals surface area contributed by atoms with Crippen molar-refractivity contribution in [3.63, 3.8) is 0 Å². The van der Waals surface area contributed by atoms with E-state index in [1.54, 1.807) is 11.0 Å². The van der Waals surface area contributed by atoms with Gasteiger partial charge in [0.2, 0.25) is 0 Å². The number of ether oxygens (including phenoxy) is 2. The third-order valence-corrected chi connectivity index (χ3v) is 4.72. The minimum Gasteiger partial charge on any atom is -0.450 e. The Labute approximate surface area is 142 Å². The highest BCUT2D eigenvalue weighted by molar-refractivity contribution is 5.85. The third kappa shape index (κ3) is 3.61. The van der Waals surface area contributed by atoms with Gasteiger partial charge in [-0.3, -0.25) is 0 Å². The van der Waals surface area contributed by atoms with Crippen LogP contribution in [0.25, 0.3) is 0 Å². The van der Waals surface area contributed by atoms with Gasteiger partial charge in [0.15, 0.2) is 0 Å². The molecule has 2 aliphatic rings. The van der Waals surface area contributed by atoms with Crippen LogP contribution in [0, 0.1) is 0 Å². The number of amides is 1. The maximum Gasteiger partial charge on any atom is 0.410 e. The van der Waals surface area contributed by atoms with Gasteiger partial charge in [-0.1, -0.05) is 43.2 Å². The van der Waals surface area contributed by atoms with Gasteiger partial charge in [-0.15, -0.1) is 0 Å².